The minimum absolute atomic E-state index is 0.0408. The third-order valence-corrected chi connectivity index (χ3v) is 4.88. The largest absolute Gasteiger partial charge is 0.433 e. The van der Waals surface area contributed by atoms with Crippen molar-refractivity contribution in [2.45, 2.75) is 50.7 Å². The molecule has 0 aromatic heterocycles. The maximum Gasteiger partial charge on any atom is 0.387 e. The van der Waals surface area contributed by atoms with Crippen LogP contribution in [-0.4, -0.2) is 41.4 Å². The van der Waals surface area contributed by atoms with Gasteiger partial charge in [0, 0.05) is 0 Å². The van der Waals surface area contributed by atoms with E-state index in [4.69, 9.17) is 0 Å². The van der Waals surface area contributed by atoms with Crippen molar-refractivity contribution in [2.24, 2.45) is 0 Å². The number of urea groups is 1. The number of carbonyl (C=O) groups is 3. The average molecular weight is 381 g/mol. The number of hydrogen-bond donors (Lipinski definition) is 2. The van der Waals surface area contributed by atoms with Gasteiger partial charge in [0.1, 0.15) is 17.8 Å². The summed E-state index contributed by atoms with van der Waals surface area (Å²) >= 11 is 0. The zero-order valence-corrected chi connectivity index (χ0v) is 14.7. The molecular formula is C18H21F2N3O4. The van der Waals surface area contributed by atoms with Gasteiger partial charge in [-0.15, -0.1) is 0 Å². The van der Waals surface area contributed by atoms with Crippen molar-refractivity contribution in [3.05, 3.63) is 24.3 Å². The van der Waals surface area contributed by atoms with Crippen molar-refractivity contribution in [1.29, 1.82) is 0 Å². The molecule has 1 saturated carbocycles. The first-order valence-electron chi connectivity index (χ1n) is 8.89. The number of anilines is 1. The molecule has 0 atom stereocenters. The molecule has 1 saturated heterocycles. The second-order valence-electron chi connectivity index (χ2n) is 6.74. The Balaban J connectivity index is 1.68. The highest BCUT2D eigenvalue weighted by molar-refractivity contribution is 6.10. The van der Waals surface area contributed by atoms with E-state index in [-0.39, 0.29) is 11.4 Å². The summed E-state index contributed by atoms with van der Waals surface area (Å²) in [7, 11) is 0. The van der Waals surface area contributed by atoms with E-state index in [2.05, 4.69) is 15.4 Å². The van der Waals surface area contributed by atoms with Crippen LogP contribution in [0.15, 0.2) is 24.3 Å². The van der Waals surface area contributed by atoms with Crippen LogP contribution in [0, 0.1) is 0 Å². The fourth-order valence-electron chi connectivity index (χ4n) is 3.59. The van der Waals surface area contributed by atoms with Gasteiger partial charge in [-0.1, -0.05) is 37.8 Å². The van der Waals surface area contributed by atoms with Gasteiger partial charge in [0.05, 0.1) is 5.69 Å². The summed E-state index contributed by atoms with van der Waals surface area (Å²) in [5.41, 5.74) is -0.885. The van der Waals surface area contributed by atoms with E-state index in [9.17, 15) is 23.2 Å². The van der Waals surface area contributed by atoms with Crippen molar-refractivity contribution in [3.8, 4) is 5.75 Å². The molecule has 0 radical (unpaired) electrons. The fourth-order valence-corrected chi connectivity index (χ4v) is 3.59. The summed E-state index contributed by atoms with van der Waals surface area (Å²) in [6.07, 6.45) is 4.80. The molecule has 1 heterocycles. The predicted molar refractivity (Wildman–Crippen MR) is 92.4 cm³/mol. The van der Waals surface area contributed by atoms with Crippen LogP contribution in [0.1, 0.15) is 38.5 Å². The first-order valence-corrected chi connectivity index (χ1v) is 8.89. The number of rotatable bonds is 5. The summed E-state index contributed by atoms with van der Waals surface area (Å²) < 4.78 is 29.3. The normalized spacial score (nSPS) is 19.1. The number of halogens is 2. The number of benzene rings is 1. The Labute approximate surface area is 155 Å². The zero-order chi connectivity index (χ0) is 19.4. The maximum absolute atomic E-state index is 12.8. The second-order valence-corrected chi connectivity index (χ2v) is 6.74. The lowest BCUT2D eigenvalue weighted by Gasteiger charge is -2.24. The number of carbonyl (C=O) groups excluding carboxylic acids is 3. The lowest BCUT2D eigenvalue weighted by atomic mass is 9.90. The van der Waals surface area contributed by atoms with E-state index >= 15 is 0 Å². The Kier molecular flexibility index (Phi) is 5.57. The molecule has 3 rings (SSSR count). The average Bonchev–Trinajstić information content (AvgIpc) is 2.79. The fraction of sp³-hybridized carbons (Fsp3) is 0.500. The monoisotopic (exact) mass is 381 g/mol. The van der Waals surface area contributed by atoms with Gasteiger partial charge < -0.3 is 15.4 Å². The van der Waals surface area contributed by atoms with Gasteiger partial charge in [-0.2, -0.15) is 8.78 Å². The van der Waals surface area contributed by atoms with Crippen LogP contribution in [0.25, 0.3) is 0 Å². The van der Waals surface area contributed by atoms with Crippen molar-refractivity contribution < 1.29 is 27.9 Å². The molecule has 9 heteroatoms. The quantitative estimate of drug-likeness (QED) is 0.768. The Hall–Kier alpha value is -2.71. The van der Waals surface area contributed by atoms with E-state index in [0.717, 1.165) is 30.6 Å². The molecule has 2 fully saturated rings. The third kappa shape index (κ3) is 4.17. The van der Waals surface area contributed by atoms with Crippen LogP contribution in [0.2, 0.25) is 0 Å². The SMILES string of the molecule is O=C(CN1C(=O)NC2(CCCCCC2)C1=O)Nc1ccccc1OC(F)F. The van der Waals surface area contributed by atoms with Gasteiger partial charge in [0.25, 0.3) is 5.91 Å². The number of hydrogen-bond acceptors (Lipinski definition) is 4. The van der Waals surface area contributed by atoms with Gasteiger partial charge in [0.15, 0.2) is 0 Å². The van der Waals surface area contributed by atoms with Crippen molar-refractivity contribution >= 4 is 23.5 Å². The first kappa shape index (κ1) is 19.1. The van der Waals surface area contributed by atoms with Crippen molar-refractivity contribution in [1.82, 2.24) is 10.2 Å². The van der Waals surface area contributed by atoms with E-state index < -0.39 is 36.5 Å². The van der Waals surface area contributed by atoms with Gasteiger partial charge in [-0.3, -0.25) is 14.5 Å². The summed E-state index contributed by atoms with van der Waals surface area (Å²) in [6, 6.07) is 5.11. The van der Waals surface area contributed by atoms with Crippen LogP contribution >= 0.6 is 0 Å². The molecule has 1 aromatic rings. The van der Waals surface area contributed by atoms with Gasteiger partial charge in [0.2, 0.25) is 5.91 Å². The molecule has 0 bridgehead atoms. The molecule has 1 aliphatic carbocycles. The summed E-state index contributed by atoms with van der Waals surface area (Å²) in [4.78, 5) is 38.2. The molecule has 1 aliphatic heterocycles. The molecule has 1 aromatic carbocycles. The number of ether oxygens (including phenoxy) is 1. The van der Waals surface area contributed by atoms with Gasteiger partial charge in [-0.05, 0) is 25.0 Å². The predicted octanol–water partition coefficient (Wildman–Crippen LogP) is 2.87. The smallest absolute Gasteiger partial charge is 0.387 e. The standard InChI is InChI=1S/C18H21F2N3O4/c19-16(20)27-13-8-4-3-7-12(13)21-14(24)11-23-15(25)18(22-17(23)26)9-5-1-2-6-10-18/h3-4,7-8,16H,1-2,5-6,9-11H2,(H,21,24)(H,22,26). The van der Waals surface area contributed by atoms with E-state index in [1.807, 2.05) is 0 Å². The lowest BCUT2D eigenvalue weighted by Crippen LogP contribution is -2.47. The number of nitrogens with zero attached hydrogens (tertiary/aromatic N) is 1. The summed E-state index contributed by atoms with van der Waals surface area (Å²) in [6.45, 7) is -3.53. The van der Waals surface area contributed by atoms with Gasteiger partial charge in [-0.25, -0.2) is 4.79 Å². The van der Waals surface area contributed by atoms with E-state index in [1.165, 1.54) is 18.2 Å². The Morgan fingerprint density at radius 3 is 2.52 bits per heavy atom. The topological polar surface area (TPSA) is 87.7 Å². The highest BCUT2D eigenvalue weighted by Gasteiger charge is 2.51. The molecule has 2 aliphatic rings. The maximum atomic E-state index is 12.8. The van der Waals surface area contributed by atoms with Gasteiger partial charge >= 0.3 is 12.6 Å². The number of imide groups is 1. The first-order chi connectivity index (χ1) is 12.9. The summed E-state index contributed by atoms with van der Waals surface area (Å²) in [5, 5.41) is 5.17. The highest BCUT2D eigenvalue weighted by atomic mass is 19.3. The molecule has 27 heavy (non-hydrogen) atoms. The number of para-hydroxylation sites is 2. The zero-order valence-electron chi connectivity index (χ0n) is 14.7. The number of amides is 4. The van der Waals surface area contributed by atoms with Crippen molar-refractivity contribution in [3.63, 3.8) is 0 Å². The van der Waals surface area contributed by atoms with Crippen LogP contribution in [0.4, 0.5) is 19.3 Å². The van der Waals surface area contributed by atoms with Crippen LogP contribution in [0.5, 0.6) is 5.75 Å². The minimum atomic E-state index is -3.04. The Bertz CT molecular complexity index is 733. The van der Waals surface area contributed by atoms with Crippen molar-refractivity contribution in [2.75, 3.05) is 11.9 Å². The molecule has 7 nitrogen and oxygen atoms in total. The summed E-state index contributed by atoms with van der Waals surface area (Å²) in [5.74, 6) is -1.27. The highest BCUT2D eigenvalue weighted by Crippen LogP contribution is 2.33. The number of nitrogens with one attached hydrogen (secondary N) is 2. The molecule has 1 spiro atoms. The molecular weight excluding hydrogens is 360 g/mol. The second kappa shape index (κ2) is 7.89. The molecule has 146 valence electrons. The lowest BCUT2D eigenvalue weighted by molar-refractivity contribution is -0.134. The number of alkyl halides is 2. The molecule has 0 unspecified atom stereocenters. The minimum Gasteiger partial charge on any atom is -0.433 e. The van der Waals surface area contributed by atoms with Crippen LogP contribution in [-0.2, 0) is 9.59 Å². The van der Waals surface area contributed by atoms with Crippen LogP contribution < -0.4 is 15.4 Å². The van der Waals surface area contributed by atoms with E-state index in [0.29, 0.717) is 12.8 Å². The molecule has 4 amide bonds. The Morgan fingerprint density at radius 1 is 1.19 bits per heavy atom. The van der Waals surface area contributed by atoms with Crippen LogP contribution in [0.3, 0.4) is 0 Å². The Morgan fingerprint density at radius 2 is 1.85 bits per heavy atom. The van der Waals surface area contributed by atoms with E-state index in [1.54, 1.807) is 6.07 Å². The third-order valence-electron chi connectivity index (χ3n) is 4.88. The molecule has 2 N–H and O–H groups in total.